The number of carbonyl (C=O) groups is 1. The van der Waals surface area contributed by atoms with Gasteiger partial charge in [0.15, 0.2) is 0 Å². The third-order valence-electron chi connectivity index (χ3n) is 4.24. The lowest BCUT2D eigenvalue weighted by molar-refractivity contribution is 0.0643. The fourth-order valence-corrected chi connectivity index (χ4v) is 3.05. The van der Waals surface area contributed by atoms with Crippen molar-refractivity contribution < 1.29 is 9.53 Å². The molecule has 0 bridgehead atoms. The molecule has 116 valence electrons. The summed E-state index contributed by atoms with van der Waals surface area (Å²) in [5.41, 5.74) is 1.75. The molecule has 21 heavy (non-hydrogen) atoms. The number of likely N-dealkylation sites (tertiary alicyclic amines) is 1. The average Bonchev–Trinajstić information content (AvgIpc) is 2.48. The van der Waals surface area contributed by atoms with Crippen LogP contribution in [0.3, 0.4) is 0 Å². The van der Waals surface area contributed by atoms with Crippen LogP contribution >= 0.6 is 0 Å². The summed E-state index contributed by atoms with van der Waals surface area (Å²) in [6.07, 6.45) is 1.01. The third kappa shape index (κ3) is 3.56. The van der Waals surface area contributed by atoms with E-state index in [4.69, 9.17) is 4.74 Å². The first kappa shape index (κ1) is 15.8. The number of piperidine rings is 1. The predicted octanol–water partition coefficient (Wildman–Crippen LogP) is 2.46. The quantitative estimate of drug-likeness (QED) is 0.926. The predicted molar refractivity (Wildman–Crippen MR) is 84.9 cm³/mol. The first-order valence-corrected chi connectivity index (χ1v) is 7.74. The van der Waals surface area contributed by atoms with Crippen LogP contribution < -0.4 is 10.1 Å². The molecule has 1 heterocycles. The SMILES string of the molecule is CCNC1CCN(C(=O)c2cc(C)ccc2OC)CC1C. The minimum Gasteiger partial charge on any atom is -0.496 e. The van der Waals surface area contributed by atoms with Gasteiger partial charge >= 0.3 is 0 Å². The van der Waals surface area contributed by atoms with Crippen LogP contribution in [0.4, 0.5) is 0 Å². The highest BCUT2D eigenvalue weighted by molar-refractivity contribution is 5.97. The molecular formula is C17H26N2O2. The molecule has 2 unspecified atom stereocenters. The van der Waals surface area contributed by atoms with Crippen LogP contribution in [0.5, 0.6) is 5.75 Å². The van der Waals surface area contributed by atoms with Crippen molar-refractivity contribution in [1.29, 1.82) is 0 Å². The minimum atomic E-state index is 0.0809. The maximum absolute atomic E-state index is 12.8. The van der Waals surface area contributed by atoms with E-state index in [0.29, 0.717) is 23.3 Å². The lowest BCUT2D eigenvalue weighted by Crippen LogP contribution is -2.50. The number of ether oxygens (including phenoxy) is 1. The Morgan fingerprint density at radius 1 is 1.48 bits per heavy atom. The smallest absolute Gasteiger partial charge is 0.257 e. The van der Waals surface area contributed by atoms with Gasteiger partial charge in [-0.25, -0.2) is 0 Å². The number of hydrogen-bond acceptors (Lipinski definition) is 3. The van der Waals surface area contributed by atoms with E-state index in [-0.39, 0.29) is 5.91 Å². The van der Waals surface area contributed by atoms with Crippen LogP contribution in [0.15, 0.2) is 18.2 Å². The van der Waals surface area contributed by atoms with E-state index in [1.807, 2.05) is 30.0 Å². The fraction of sp³-hybridized carbons (Fsp3) is 0.588. The van der Waals surface area contributed by atoms with Gasteiger partial charge in [0, 0.05) is 19.1 Å². The summed E-state index contributed by atoms with van der Waals surface area (Å²) in [5, 5.41) is 3.50. The minimum absolute atomic E-state index is 0.0809. The number of nitrogens with zero attached hydrogens (tertiary/aromatic N) is 1. The van der Waals surface area contributed by atoms with E-state index in [1.54, 1.807) is 7.11 Å². The zero-order valence-electron chi connectivity index (χ0n) is 13.5. The first-order valence-electron chi connectivity index (χ1n) is 7.74. The van der Waals surface area contributed by atoms with Gasteiger partial charge in [0.05, 0.1) is 12.7 Å². The van der Waals surface area contributed by atoms with E-state index in [1.165, 1.54) is 0 Å². The molecule has 0 spiro atoms. The number of methoxy groups -OCH3 is 1. The molecule has 0 radical (unpaired) electrons. The van der Waals surface area contributed by atoms with Crippen molar-refractivity contribution in [2.24, 2.45) is 5.92 Å². The molecule has 1 aliphatic rings. The van der Waals surface area contributed by atoms with Crippen LogP contribution in [0.25, 0.3) is 0 Å². The number of amides is 1. The molecular weight excluding hydrogens is 264 g/mol. The number of nitrogens with one attached hydrogen (secondary N) is 1. The van der Waals surface area contributed by atoms with Crippen LogP contribution in [0, 0.1) is 12.8 Å². The summed E-state index contributed by atoms with van der Waals surface area (Å²) in [4.78, 5) is 14.7. The molecule has 0 saturated carbocycles. The van der Waals surface area contributed by atoms with Gasteiger partial charge in [0.25, 0.3) is 5.91 Å². The summed E-state index contributed by atoms with van der Waals surface area (Å²) < 4.78 is 5.34. The summed E-state index contributed by atoms with van der Waals surface area (Å²) in [5.74, 6) is 1.21. The van der Waals surface area contributed by atoms with Gasteiger partial charge in [-0.05, 0) is 37.9 Å². The normalized spacial score (nSPS) is 22.2. The van der Waals surface area contributed by atoms with Crippen molar-refractivity contribution in [1.82, 2.24) is 10.2 Å². The van der Waals surface area contributed by atoms with Gasteiger partial charge in [-0.15, -0.1) is 0 Å². The van der Waals surface area contributed by atoms with Gasteiger partial charge < -0.3 is 15.0 Å². The Labute approximate surface area is 127 Å². The summed E-state index contributed by atoms with van der Waals surface area (Å²) >= 11 is 0. The van der Waals surface area contributed by atoms with Crippen molar-refractivity contribution in [3.8, 4) is 5.75 Å². The van der Waals surface area contributed by atoms with Crippen molar-refractivity contribution >= 4 is 5.91 Å². The third-order valence-corrected chi connectivity index (χ3v) is 4.24. The Hall–Kier alpha value is -1.55. The largest absolute Gasteiger partial charge is 0.496 e. The van der Waals surface area contributed by atoms with Gasteiger partial charge in [-0.3, -0.25) is 4.79 Å². The van der Waals surface area contributed by atoms with E-state index in [2.05, 4.69) is 19.2 Å². The number of benzene rings is 1. The summed E-state index contributed by atoms with van der Waals surface area (Å²) in [6.45, 7) is 8.92. The molecule has 1 amide bonds. The first-order chi connectivity index (χ1) is 10.1. The highest BCUT2D eigenvalue weighted by atomic mass is 16.5. The van der Waals surface area contributed by atoms with Crippen LogP contribution in [0.2, 0.25) is 0 Å². The molecule has 1 saturated heterocycles. The average molecular weight is 290 g/mol. The number of rotatable bonds is 4. The van der Waals surface area contributed by atoms with Crippen molar-refractivity contribution in [2.75, 3.05) is 26.7 Å². The second kappa shape index (κ2) is 6.94. The topological polar surface area (TPSA) is 41.6 Å². The maximum Gasteiger partial charge on any atom is 0.257 e. The second-order valence-electron chi connectivity index (χ2n) is 5.89. The highest BCUT2D eigenvalue weighted by Crippen LogP contribution is 2.24. The maximum atomic E-state index is 12.8. The Balaban J connectivity index is 2.13. The molecule has 0 aromatic heterocycles. The Kier molecular flexibility index (Phi) is 5.23. The Morgan fingerprint density at radius 3 is 2.86 bits per heavy atom. The van der Waals surface area contributed by atoms with Crippen molar-refractivity contribution in [2.45, 2.75) is 33.2 Å². The Bertz CT molecular complexity index is 502. The number of aryl methyl sites for hydroxylation is 1. The van der Waals surface area contributed by atoms with E-state index in [0.717, 1.165) is 31.6 Å². The van der Waals surface area contributed by atoms with Crippen LogP contribution in [-0.2, 0) is 0 Å². The van der Waals surface area contributed by atoms with Gasteiger partial charge in [0.2, 0.25) is 0 Å². The molecule has 2 atom stereocenters. The monoisotopic (exact) mass is 290 g/mol. The molecule has 1 aromatic rings. The number of hydrogen-bond donors (Lipinski definition) is 1. The van der Waals surface area contributed by atoms with Gasteiger partial charge in [0.1, 0.15) is 5.75 Å². The van der Waals surface area contributed by atoms with Crippen LogP contribution in [0.1, 0.15) is 36.2 Å². The van der Waals surface area contributed by atoms with E-state index in [9.17, 15) is 4.79 Å². The van der Waals surface area contributed by atoms with Crippen molar-refractivity contribution in [3.05, 3.63) is 29.3 Å². The standard InChI is InChI=1S/C17H26N2O2/c1-5-18-15-8-9-19(11-13(15)3)17(20)14-10-12(2)6-7-16(14)21-4/h6-7,10,13,15,18H,5,8-9,11H2,1-4H3. The molecule has 2 rings (SSSR count). The summed E-state index contributed by atoms with van der Waals surface area (Å²) in [6, 6.07) is 6.27. The summed E-state index contributed by atoms with van der Waals surface area (Å²) in [7, 11) is 1.61. The zero-order chi connectivity index (χ0) is 15.4. The zero-order valence-corrected chi connectivity index (χ0v) is 13.5. The molecule has 1 aliphatic heterocycles. The fourth-order valence-electron chi connectivity index (χ4n) is 3.05. The molecule has 1 aromatic carbocycles. The van der Waals surface area contributed by atoms with E-state index < -0.39 is 0 Å². The van der Waals surface area contributed by atoms with Gasteiger partial charge in [-0.1, -0.05) is 25.5 Å². The molecule has 4 nitrogen and oxygen atoms in total. The van der Waals surface area contributed by atoms with E-state index >= 15 is 0 Å². The Morgan fingerprint density at radius 2 is 2.24 bits per heavy atom. The van der Waals surface area contributed by atoms with Crippen LogP contribution in [-0.4, -0.2) is 43.6 Å². The van der Waals surface area contributed by atoms with Crippen molar-refractivity contribution in [3.63, 3.8) is 0 Å². The highest BCUT2D eigenvalue weighted by Gasteiger charge is 2.29. The number of carbonyl (C=O) groups excluding carboxylic acids is 1. The molecule has 1 N–H and O–H groups in total. The second-order valence-corrected chi connectivity index (χ2v) is 5.89. The lowest BCUT2D eigenvalue weighted by atomic mass is 9.93. The molecule has 4 heteroatoms. The van der Waals surface area contributed by atoms with Gasteiger partial charge in [-0.2, -0.15) is 0 Å². The lowest BCUT2D eigenvalue weighted by Gasteiger charge is -2.37. The molecule has 0 aliphatic carbocycles. The molecule has 1 fully saturated rings.